The van der Waals surface area contributed by atoms with E-state index in [9.17, 15) is 13.6 Å². The molecule has 0 atom stereocenters. The topological polar surface area (TPSA) is 49.3 Å². The van der Waals surface area contributed by atoms with Gasteiger partial charge in [-0.2, -0.15) is 0 Å². The molecule has 1 aromatic rings. The summed E-state index contributed by atoms with van der Waals surface area (Å²) in [5.41, 5.74) is -1.05. The van der Waals surface area contributed by atoms with E-state index in [1.54, 1.807) is 13.8 Å². The third-order valence-electron chi connectivity index (χ3n) is 2.26. The average Bonchev–Trinajstić information content (AvgIpc) is 2.28. The zero-order chi connectivity index (χ0) is 13.8. The minimum atomic E-state index is -0.783. The second-order valence-electron chi connectivity index (χ2n) is 4.50. The molecule has 1 rings (SSSR count). The summed E-state index contributed by atoms with van der Waals surface area (Å²) in [6.45, 7) is 3.02. The minimum Gasteiger partial charge on any atom is -0.394 e. The van der Waals surface area contributed by atoms with Crippen molar-refractivity contribution in [3.8, 4) is 0 Å². The van der Waals surface area contributed by atoms with Gasteiger partial charge in [0.2, 0.25) is 5.91 Å². The first-order chi connectivity index (χ1) is 8.35. The zero-order valence-corrected chi connectivity index (χ0v) is 10.2. The molecule has 0 saturated heterocycles. The predicted molar refractivity (Wildman–Crippen MR) is 64.7 cm³/mol. The lowest BCUT2D eigenvalue weighted by Gasteiger charge is -2.22. The van der Waals surface area contributed by atoms with Gasteiger partial charge in [-0.05, 0) is 32.1 Å². The molecule has 0 fully saturated rings. The Labute approximate surface area is 104 Å². The van der Waals surface area contributed by atoms with Crippen LogP contribution < -0.4 is 5.32 Å². The highest BCUT2D eigenvalue weighted by molar-refractivity contribution is 5.92. The van der Waals surface area contributed by atoms with E-state index < -0.39 is 23.1 Å². The quantitative estimate of drug-likeness (QED) is 0.807. The van der Waals surface area contributed by atoms with Crippen LogP contribution in [0.15, 0.2) is 24.3 Å². The van der Waals surface area contributed by atoms with Crippen molar-refractivity contribution in [3.05, 3.63) is 41.5 Å². The molecule has 2 N–H and O–H groups in total. The predicted octanol–water partition coefficient (Wildman–Crippen LogP) is 1.87. The highest BCUT2D eigenvalue weighted by atomic mass is 19.1. The van der Waals surface area contributed by atoms with Gasteiger partial charge in [-0.15, -0.1) is 0 Å². The molecule has 0 aromatic heterocycles. The fraction of sp³-hybridized carbons (Fsp3) is 0.308. The Morgan fingerprint density at radius 3 is 2.44 bits per heavy atom. The van der Waals surface area contributed by atoms with Gasteiger partial charge in [0, 0.05) is 11.6 Å². The van der Waals surface area contributed by atoms with Gasteiger partial charge in [0.1, 0.15) is 11.6 Å². The largest absolute Gasteiger partial charge is 0.394 e. The Balaban J connectivity index is 2.79. The lowest BCUT2D eigenvalue weighted by atomic mass is 10.1. The molecular weight excluding hydrogens is 240 g/mol. The van der Waals surface area contributed by atoms with Gasteiger partial charge in [-0.3, -0.25) is 4.79 Å². The molecule has 0 radical (unpaired) electrons. The van der Waals surface area contributed by atoms with Crippen molar-refractivity contribution in [3.63, 3.8) is 0 Å². The monoisotopic (exact) mass is 255 g/mol. The van der Waals surface area contributed by atoms with Crippen LogP contribution >= 0.6 is 0 Å². The molecule has 3 nitrogen and oxygen atoms in total. The molecule has 5 heteroatoms. The van der Waals surface area contributed by atoms with Crippen LogP contribution in [0.5, 0.6) is 0 Å². The van der Waals surface area contributed by atoms with E-state index in [2.05, 4.69) is 5.32 Å². The van der Waals surface area contributed by atoms with Crippen LogP contribution in [0.1, 0.15) is 19.4 Å². The molecular formula is C13H15F2NO2. The van der Waals surface area contributed by atoms with E-state index in [1.807, 2.05) is 0 Å². The third kappa shape index (κ3) is 3.92. The lowest BCUT2D eigenvalue weighted by Crippen LogP contribution is -2.45. The van der Waals surface area contributed by atoms with E-state index >= 15 is 0 Å². The van der Waals surface area contributed by atoms with Crippen LogP contribution in [-0.4, -0.2) is 23.2 Å². The average molecular weight is 255 g/mol. The van der Waals surface area contributed by atoms with E-state index in [4.69, 9.17) is 5.11 Å². The molecule has 1 amide bonds. The maximum atomic E-state index is 13.2. The number of nitrogens with one attached hydrogen (secondary N) is 1. The van der Waals surface area contributed by atoms with E-state index in [0.717, 1.165) is 24.3 Å². The van der Waals surface area contributed by atoms with Gasteiger partial charge in [0.15, 0.2) is 0 Å². The van der Waals surface area contributed by atoms with E-state index in [0.29, 0.717) is 0 Å². The van der Waals surface area contributed by atoms with Crippen LogP contribution in [0.3, 0.4) is 0 Å². The molecule has 0 saturated carbocycles. The first-order valence-electron chi connectivity index (χ1n) is 5.41. The molecule has 0 spiro atoms. The van der Waals surface area contributed by atoms with Crippen LogP contribution in [-0.2, 0) is 4.79 Å². The summed E-state index contributed by atoms with van der Waals surface area (Å²) in [4.78, 5) is 11.5. The van der Waals surface area contributed by atoms with Crippen LogP contribution in [0, 0.1) is 11.6 Å². The van der Waals surface area contributed by atoms with Gasteiger partial charge >= 0.3 is 0 Å². The van der Waals surface area contributed by atoms with Gasteiger partial charge < -0.3 is 10.4 Å². The van der Waals surface area contributed by atoms with E-state index in [-0.39, 0.29) is 12.2 Å². The standard InChI is InChI=1S/C13H15F2NO2/c1-13(2,8-17)16-12(18)7-6-9-10(14)4-3-5-11(9)15/h3-7,17H,8H2,1-2H3,(H,16,18)/b7-6+. The van der Waals surface area contributed by atoms with Crippen LogP contribution in [0.4, 0.5) is 8.78 Å². The summed E-state index contributed by atoms with van der Waals surface area (Å²) >= 11 is 0. The minimum absolute atomic E-state index is 0.235. The molecule has 98 valence electrons. The van der Waals surface area contributed by atoms with Crippen molar-refractivity contribution >= 4 is 12.0 Å². The van der Waals surface area contributed by atoms with Gasteiger partial charge in [0.05, 0.1) is 12.1 Å². The molecule has 0 aliphatic rings. The first kappa shape index (κ1) is 14.3. The number of halogens is 2. The summed E-state index contributed by atoms with van der Waals surface area (Å²) in [6.07, 6.45) is 2.09. The Morgan fingerprint density at radius 1 is 1.39 bits per heavy atom. The molecule has 0 aliphatic carbocycles. The van der Waals surface area contributed by atoms with Crippen molar-refractivity contribution in [2.24, 2.45) is 0 Å². The highest BCUT2D eigenvalue weighted by Crippen LogP contribution is 2.13. The number of carbonyl (C=O) groups is 1. The Hall–Kier alpha value is -1.75. The Morgan fingerprint density at radius 2 is 1.94 bits per heavy atom. The fourth-order valence-electron chi connectivity index (χ4n) is 1.24. The molecule has 1 aromatic carbocycles. The SMILES string of the molecule is CC(C)(CO)NC(=O)/C=C/c1c(F)cccc1F. The van der Waals surface area contributed by atoms with Gasteiger partial charge in [-0.25, -0.2) is 8.78 Å². The normalized spacial score (nSPS) is 11.8. The molecule has 18 heavy (non-hydrogen) atoms. The molecule has 0 unspecified atom stereocenters. The number of benzene rings is 1. The number of aliphatic hydroxyl groups is 1. The first-order valence-corrected chi connectivity index (χ1v) is 5.41. The van der Waals surface area contributed by atoms with Crippen LogP contribution in [0.2, 0.25) is 0 Å². The Kier molecular flexibility index (Phi) is 4.55. The maximum Gasteiger partial charge on any atom is 0.244 e. The number of amides is 1. The third-order valence-corrected chi connectivity index (χ3v) is 2.26. The number of hydrogen-bond acceptors (Lipinski definition) is 2. The number of carbonyl (C=O) groups excluding carboxylic acids is 1. The highest BCUT2D eigenvalue weighted by Gasteiger charge is 2.17. The van der Waals surface area contributed by atoms with Gasteiger partial charge in [0.25, 0.3) is 0 Å². The smallest absolute Gasteiger partial charge is 0.244 e. The maximum absolute atomic E-state index is 13.2. The summed E-state index contributed by atoms with van der Waals surface area (Å²) in [7, 11) is 0. The molecule has 0 bridgehead atoms. The number of rotatable bonds is 4. The van der Waals surface area contributed by atoms with Gasteiger partial charge in [-0.1, -0.05) is 6.07 Å². The van der Waals surface area contributed by atoms with Crippen molar-refractivity contribution in [2.75, 3.05) is 6.61 Å². The summed E-state index contributed by atoms with van der Waals surface area (Å²) in [5.74, 6) is -2.00. The number of aliphatic hydroxyl groups excluding tert-OH is 1. The molecule has 0 aliphatic heterocycles. The van der Waals surface area contributed by atoms with Crippen molar-refractivity contribution in [1.29, 1.82) is 0 Å². The van der Waals surface area contributed by atoms with Crippen LogP contribution in [0.25, 0.3) is 6.08 Å². The summed E-state index contributed by atoms with van der Waals surface area (Å²) in [6, 6.07) is 3.47. The zero-order valence-electron chi connectivity index (χ0n) is 10.2. The van der Waals surface area contributed by atoms with E-state index in [1.165, 1.54) is 6.07 Å². The fourth-order valence-corrected chi connectivity index (χ4v) is 1.24. The second-order valence-corrected chi connectivity index (χ2v) is 4.50. The van der Waals surface area contributed by atoms with Crippen molar-refractivity contribution in [1.82, 2.24) is 5.32 Å². The molecule has 0 heterocycles. The lowest BCUT2D eigenvalue weighted by molar-refractivity contribution is -0.118. The second kappa shape index (κ2) is 5.73. The van der Waals surface area contributed by atoms with Crippen molar-refractivity contribution < 1.29 is 18.7 Å². The summed E-state index contributed by atoms with van der Waals surface area (Å²) < 4.78 is 26.5. The summed E-state index contributed by atoms with van der Waals surface area (Å²) in [5, 5.41) is 11.5. The Bertz CT molecular complexity index is 450. The number of hydrogen-bond donors (Lipinski definition) is 2. The van der Waals surface area contributed by atoms with Crippen molar-refractivity contribution in [2.45, 2.75) is 19.4 Å².